The largest absolute Gasteiger partial charge is 0.351 e. The molecule has 2 amide bonds. The molecule has 2 aliphatic rings. The lowest BCUT2D eigenvalue weighted by Gasteiger charge is -2.34. The molecular formula is C19H27N3O2. The highest BCUT2D eigenvalue weighted by molar-refractivity contribution is 5.78. The summed E-state index contributed by atoms with van der Waals surface area (Å²) in [5.74, 6) is 0.232. The molecule has 1 aromatic carbocycles. The molecule has 2 fully saturated rings. The highest BCUT2D eigenvalue weighted by Crippen LogP contribution is 2.29. The molecule has 0 aliphatic carbocycles. The van der Waals surface area contributed by atoms with Crippen molar-refractivity contribution < 1.29 is 9.59 Å². The van der Waals surface area contributed by atoms with Gasteiger partial charge in [-0.3, -0.25) is 14.5 Å². The predicted molar refractivity (Wildman–Crippen MR) is 93.3 cm³/mol. The van der Waals surface area contributed by atoms with Crippen molar-refractivity contribution in [1.82, 2.24) is 15.1 Å². The van der Waals surface area contributed by atoms with E-state index in [1.165, 1.54) is 0 Å². The third-order valence-electron chi connectivity index (χ3n) is 5.24. The molecule has 24 heavy (non-hydrogen) atoms. The third-order valence-corrected chi connectivity index (χ3v) is 5.24. The lowest BCUT2D eigenvalue weighted by atomic mass is 10.0. The Hall–Kier alpha value is -1.88. The Morgan fingerprint density at radius 1 is 1.08 bits per heavy atom. The lowest BCUT2D eigenvalue weighted by molar-refractivity contribution is -0.130. The Morgan fingerprint density at radius 3 is 2.54 bits per heavy atom. The van der Waals surface area contributed by atoms with E-state index >= 15 is 0 Å². The van der Waals surface area contributed by atoms with E-state index in [2.05, 4.69) is 10.2 Å². The van der Waals surface area contributed by atoms with Crippen LogP contribution in [0.3, 0.4) is 0 Å². The van der Waals surface area contributed by atoms with Gasteiger partial charge < -0.3 is 10.2 Å². The number of rotatable bonds is 5. The van der Waals surface area contributed by atoms with Crippen LogP contribution in [0.5, 0.6) is 0 Å². The van der Waals surface area contributed by atoms with E-state index in [1.54, 1.807) is 6.92 Å². The molecule has 0 aromatic heterocycles. The molecule has 1 N–H and O–H groups in total. The number of nitrogens with zero attached hydrogens (tertiary/aromatic N) is 2. The fraction of sp³-hybridized carbons (Fsp3) is 0.579. The number of likely N-dealkylation sites (tertiary alicyclic amines) is 2. The van der Waals surface area contributed by atoms with Gasteiger partial charge in [0.2, 0.25) is 11.8 Å². The summed E-state index contributed by atoms with van der Waals surface area (Å²) in [4.78, 5) is 28.4. The summed E-state index contributed by atoms with van der Waals surface area (Å²) in [6.45, 7) is 4.47. The van der Waals surface area contributed by atoms with Gasteiger partial charge in [0.05, 0.1) is 6.54 Å². The van der Waals surface area contributed by atoms with Crippen LogP contribution in [0.15, 0.2) is 30.3 Å². The molecule has 0 bridgehead atoms. The van der Waals surface area contributed by atoms with Gasteiger partial charge in [0, 0.05) is 32.1 Å². The number of carbonyl (C=O) groups is 2. The lowest BCUT2D eigenvalue weighted by Crippen LogP contribution is -2.50. The van der Waals surface area contributed by atoms with Crippen molar-refractivity contribution in [3.8, 4) is 0 Å². The van der Waals surface area contributed by atoms with Gasteiger partial charge in [-0.05, 0) is 37.8 Å². The molecule has 0 unspecified atom stereocenters. The minimum Gasteiger partial charge on any atom is -0.351 e. The molecule has 5 heteroatoms. The Balaban J connectivity index is 1.54. The molecule has 0 spiro atoms. The summed E-state index contributed by atoms with van der Waals surface area (Å²) < 4.78 is 0. The first-order chi connectivity index (χ1) is 11.6. The zero-order valence-electron chi connectivity index (χ0n) is 14.4. The van der Waals surface area contributed by atoms with Crippen molar-refractivity contribution in [1.29, 1.82) is 0 Å². The summed E-state index contributed by atoms with van der Waals surface area (Å²) in [5.41, 5.74) is 1.11. The smallest absolute Gasteiger partial charge is 0.234 e. The molecule has 1 aromatic rings. The minimum atomic E-state index is 0.0677. The van der Waals surface area contributed by atoms with Gasteiger partial charge in [0.15, 0.2) is 0 Å². The first-order valence-electron chi connectivity index (χ1n) is 8.97. The Kier molecular flexibility index (Phi) is 5.51. The fourth-order valence-corrected chi connectivity index (χ4v) is 4.10. The second kappa shape index (κ2) is 7.79. The van der Waals surface area contributed by atoms with Crippen molar-refractivity contribution in [3.05, 3.63) is 35.9 Å². The van der Waals surface area contributed by atoms with Gasteiger partial charge in [-0.2, -0.15) is 0 Å². The Morgan fingerprint density at radius 2 is 1.79 bits per heavy atom. The molecule has 3 rings (SSSR count). The molecule has 0 radical (unpaired) electrons. The number of carbonyl (C=O) groups excluding carboxylic acids is 2. The summed E-state index contributed by atoms with van der Waals surface area (Å²) >= 11 is 0. The maximum atomic E-state index is 12.3. The van der Waals surface area contributed by atoms with Crippen LogP contribution in [-0.2, 0) is 16.1 Å². The Labute approximate surface area is 144 Å². The van der Waals surface area contributed by atoms with Gasteiger partial charge in [0.1, 0.15) is 0 Å². The van der Waals surface area contributed by atoms with Crippen molar-refractivity contribution >= 4 is 11.8 Å². The first-order valence-corrected chi connectivity index (χ1v) is 8.97. The van der Waals surface area contributed by atoms with Crippen LogP contribution in [0, 0.1) is 0 Å². The van der Waals surface area contributed by atoms with Crippen LogP contribution in [0.25, 0.3) is 0 Å². The predicted octanol–water partition coefficient (Wildman–Crippen LogP) is 1.78. The van der Waals surface area contributed by atoms with Crippen LogP contribution < -0.4 is 5.32 Å². The number of benzene rings is 1. The molecule has 2 atom stereocenters. The quantitative estimate of drug-likeness (QED) is 0.896. The summed E-state index contributed by atoms with van der Waals surface area (Å²) in [7, 11) is 0. The summed E-state index contributed by atoms with van der Waals surface area (Å²) in [5, 5.41) is 3.01. The van der Waals surface area contributed by atoms with Crippen molar-refractivity contribution in [2.45, 2.75) is 51.2 Å². The summed E-state index contributed by atoms with van der Waals surface area (Å²) in [6.07, 6.45) is 4.33. The second-order valence-electron chi connectivity index (χ2n) is 6.86. The topological polar surface area (TPSA) is 52.7 Å². The van der Waals surface area contributed by atoms with Crippen LogP contribution in [-0.4, -0.2) is 53.3 Å². The number of hydrogen-bond donors (Lipinski definition) is 1. The second-order valence-corrected chi connectivity index (χ2v) is 6.86. The van der Waals surface area contributed by atoms with E-state index in [0.29, 0.717) is 19.1 Å². The first kappa shape index (κ1) is 17.0. The van der Waals surface area contributed by atoms with E-state index in [0.717, 1.165) is 44.3 Å². The summed E-state index contributed by atoms with van der Waals surface area (Å²) in [6, 6.07) is 10.6. The average molecular weight is 329 g/mol. The average Bonchev–Trinajstić information content (AvgIpc) is 3.22. The normalized spacial score (nSPS) is 24.3. The van der Waals surface area contributed by atoms with E-state index in [-0.39, 0.29) is 17.9 Å². The van der Waals surface area contributed by atoms with Crippen LogP contribution in [0.1, 0.15) is 38.2 Å². The monoisotopic (exact) mass is 329 g/mol. The van der Waals surface area contributed by atoms with Crippen LogP contribution in [0.2, 0.25) is 0 Å². The van der Waals surface area contributed by atoms with E-state index in [4.69, 9.17) is 0 Å². The standard InChI is InChI=1S/C19H27N3O2/c1-15(23)22-12-6-10-18(22)17-9-5-11-21(17)14-19(24)20-13-16-7-3-2-4-8-16/h2-4,7-8,17-18H,5-6,9-14H2,1H3,(H,20,24)/t17-,18+/m1/s1. The molecule has 130 valence electrons. The molecule has 2 heterocycles. The number of amides is 2. The SMILES string of the molecule is CC(=O)N1CCC[C@H]1[C@H]1CCCN1CC(=O)NCc1ccccc1. The fourth-order valence-electron chi connectivity index (χ4n) is 4.10. The van der Waals surface area contributed by atoms with E-state index < -0.39 is 0 Å². The molecular weight excluding hydrogens is 302 g/mol. The molecule has 5 nitrogen and oxygen atoms in total. The zero-order valence-corrected chi connectivity index (χ0v) is 14.4. The van der Waals surface area contributed by atoms with Gasteiger partial charge in [-0.1, -0.05) is 30.3 Å². The van der Waals surface area contributed by atoms with E-state index in [9.17, 15) is 9.59 Å². The van der Waals surface area contributed by atoms with Gasteiger partial charge in [-0.25, -0.2) is 0 Å². The van der Waals surface area contributed by atoms with Crippen molar-refractivity contribution in [3.63, 3.8) is 0 Å². The number of nitrogens with one attached hydrogen (secondary N) is 1. The third kappa shape index (κ3) is 3.96. The number of hydrogen-bond acceptors (Lipinski definition) is 3. The zero-order chi connectivity index (χ0) is 16.9. The van der Waals surface area contributed by atoms with E-state index in [1.807, 2.05) is 35.2 Å². The maximum Gasteiger partial charge on any atom is 0.234 e. The Bertz CT molecular complexity index is 575. The van der Waals surface area contributed by atoms with Crippen molar-refractivity contribution in [2.24, 2.45) is 0 Å². The van der Waals surface area contributed by atoms with Crippen molar-refractivity contribution in [2.75, 3.05) is 19.6 Å². The van der Waals surface area contributed by atoms with Gasteiger partial charge in [-0.15, -0.1) is 0 Å². The van der Waals surface area contributed by atoms with Gasteiger partial charge in [0.25, 0.3) is 0 Å². The molecule has 2 aliphatic heterocycles. The minimum absolute atomic E-state index is 0.0677. The highest BCUT2D eigenvalue weighted by Gasteiger charge is 2.39. The highest BCUT2D eigenvalue weighted by atomic mass is 16.2. The molecule has 0 saturated carbocycles. The van der Waals surface area contributed by atoms with Crippen LogP contribution >= 0.6 is 0 Å². The molecule has 2 saturated heterocycles. The van der Waals surface area contributed by atoms with Crippen LogP contribution in [0.4, 0.5) is 0 Å². The maximum absolute atomic E-state index is 12.3. The van der Waals surface area contributed by atoms with Gasteiger partial charge >= 0.3 is 0 Å².